The molecule has 0 fully saturated rings. The lowest BCUT2D eigenvalue weighted by Gasteiger charge is -2.16. The monoisotopic (exact) mass is 356 g/mol. The van der Waals surface area contributed by atoms with Crippen molar-refractivity contribution in [3.8, 4) is 0 Å². The molecule has 18 heavy (non-hydrogen) atoms. The number of benzene rings is 1. The Morgan fingerprint density at radius 1 is 1.39 bits per heavy atom. The highest BCUT2D eigenvalue weighted by Gasteiger charge is 2.10. The van der Waals surface area contributed by atoms with E-state index in [1.54, 1.807) is 24.3 Å². The van der Waals surface area contributed by atoms with Crippen molar-refractivity contribution in [2.45, 2.75) is 6.54 Å². The van der Waals surface area contributed by atoms with Crippen LogP contribution in [0.25, 0.3) is 0 Å². The van der Waals surface area contributed by atoms with Crippen molar-refractivity contribution in [2.75, 3.05) is 12.4 Å². The van der Waals surface area contributed by atoms with Crippen molar-refractivity contribution in [1.82, 2.24) is 4.90 Å². The molecule has 2 amide bonds. The average Bonchev–Trinajstić information content (AvgIpc) is 2.81. The highest BCUT2D eigenvalue weighted by Crippen LogP contribution is 2.13. The molecule has 0 aliphatic heterocycles. The Morgan fingerprint density at radius 3 is 2.89 bits per heavy atom. The third-order valence-electron chi connectivity index (χ3n) is 2.40. The first-order chi connectivity index (χ1) is 8.65. The topological polar surface area (TPSA) is 45.5 Å². The van der Waals surface area contributed by atoms with Crippen molar-refractivity contribution in [1.29, 1.82) is 0 Å². The fourth-order valence-corrected chi connectivity index (χ4v) is 2.04. The van der Waals surface area contributed by atoms with Gasteiger partial charge in [0.25, 0.3) is 0 Å². The molecule has 2 aromatic rings. The molecule has 1 aromatic heterocycles. The first-order valence-corrected chi connectivity index (χ1v) is 6.53. The molecule has 1 N–H and O–H groups in total. The molecule has 1 heterocycles. The van der Waals surface area contributed by atoms with E-state index in [1.165, 1.54) is 0 Å². The number of hydrogen-bond donors (Lipinski definition) is 1. The first kappa shape index (κ1) is 12.9. The minimum atomic E-state index is -0.159. The highest BCUT2D eigenvalue weighted by atomic mass is 127. The van der Waals surface area contributed by atoms with Gasteiger partial charge in [-0.25, -0.2) is 4.79 Å². The second kappa shape index (κ2) is 5.90. The van der Waals surface area contributed by atoms with Gasteiger partial charge in [-0.2, -0.15) is 0 Å². The molecule has 2 rings (SSSR count). The zero-order valence-corrected chi connectivity index (χ0v) is 12.0. The van der Waals surface area contributed by atoms with Crippen LogP contribution in [0.1, 0.15) is 5.76 Å². The Labute approximate surface area is 119 Å². The van der Waals surface area contributed by atoms with Crippen molar-refractivity contribution >= 4 is 34.3 Å². The molecule has 0 unspecified atom stereocenters. The second-order valence-electron chi connectivity index (χ2n) is 3.88. The van der Waals surface area contributed by atoms with Crippen LogP contribution in [0.2, 0.25) is 0 Å². The SMILES string of the molecule is CN(Cc1ccco1)C(=O)Nc1cccc(I)c1. The van der Waals surface area contributed by atoms with Crippen molar-refractivity contribution in [2.24, 2.45) is 0 Å². The van der Waals surface area contributed by atoms with Gasteiger partial charge in [0.1, 0.15) is 5.76 Å². The zero-order valence-electron chi connectivity index (χ0n) is 9.89. The van der Waals surface area contributed by atoms with Crippen LogP contribution in [-0.4, -0.2) is 18.0 Å². The summed E-state index contributed by atoms with van der Waals surface area (Å²) < 4.78 is 6.28. The van der Waals surface area contributed by atoms with Crippen molar-refractivity contribution in [3.63, 3.8) is 0 Å². The molecule has 5 heteroatoms. The van der Waals surface area contributed by atoms with Crippen LogP contribution in [0.5, 0.6) is 0 Å². The van der Waals surface area contributed by atoms with Crippen LogP contribution in [0.3, 0.4) is 0 Å². The molecule has 0 saturated heterocycles. The van der Waals surface area contributed by atoms with E-state index in [-0.39, 0.29) is 6.03 Å². The van der Waals surface area contributed by atoms with E-state index < -0.39 is 0 Å². The van der Waals surface area contributed by atoms with Crippen LogP contribution >= 0.6 is 22.6 Å². The number of carbonyl (C=O) groups is 1. The molecule has 1 aromatic carbocycles. The van der Waals surface area contributed by atoms with Crippen LogP contribution in [0.4, 0.5) is 10.5 Å². The van der Waals surface area contributed by atoms with Gasteiger partial charge in [0.05, 0.1) is 12.8 Å². The molecule has 0 aliphatic rings. The smallest absolute Gasteiger partial charge is 0.321 e. The Kier molecular flexibility index (Phi) is 4.24. The fraction of sp³-hybridized carbons (Fsp3) is 0.154. The minimum absolute atomic E-state index is 0.159. The van der Waals surface area contributed by atoms with Gasteiger partial charge in [-0.1, -0.05) is 6.07 Å². The maximum atomic E-state index is 11.9. The summed E-state index contributed by atoms with van der Waals surface area (Å²) in [5.41, 5.74) is 0.790. The van der Waals surface area contributed by atoms with Crippen LogP contribution in [0, 0.1) is 3.57 Å². The molecule has 0 aliphatic carbocycles. The fourth-order valence-electron chi connectivity index (χ4n) is 1.49. The summed E-state index contributed by atoms with van der Waals surface area (Å²) in [6.07, 6.45) is 1.60. The highest BCUT2D eigenvalue weighted by molar-refractivity contribution is 14.1. The maximum Gasteiger partial charge on any atom is 0.321 e. The number of nitrogens with zero attached hydrogens (tertiary/aromatic N) is 1. The van der Waals surface area contributed by atoms with E-state index >= 15 is 0 Å². The van der Waals surface area contributed by atoms with Gasteiger partial charge in [-0.15, -0.1) is 0 Å². The van der Waals surface area contributed by atoms with E-state index in [4.69, 9.17) is 4.42 Å². The number of halogens is 1. The Hall–Kier alpha value is -1.50. The molecule has 94 valence electrons. The number of hydrogen-bond acceptors (Lipinski definition) is 2. The lowest BCUT2D eigenvalue weighted by atomic mass is 10.3. The number of furan rings is 1. The molecule has 0 atom stereocenters. The van der Waals surface area contributed by atoms with Gasteiger partial charge in [-0.05, 0) is 52.9 Å². The Balaban J connectivity index is 1.95. The third-order valence-corrected chi connectivity index (χ3v) is 3.07. The summed E-state index contributed by atoms with van der Waals surface area (Å²) in [5.74, 6) is 0.760. The third kappa shape index (κ3) is 3.49. The lowest BCUT2D eigenvalue weighted by Crippen LogP contribution is -2.30. The minimum Gasteiger partial charge on any atom is -0.467 e. The summed E-state index contributed by atoms with van der Waals surface area (Å²) in [6, 6.07) is 11.1. The summed E-state index contributed by atoms with van der Waals surface area (Å²) in [7, 11) is 1.73. The van der Waals surface area contributed by atoms with Gasteiger partial charge in [-0.3, -0.25) is 0 Å². The van der Waals surface area contributed by atoms with Gasteiger partial charge in [0.15, 0.2) is 0 Å². The predicted octanol–water partition coefficient (Wildman–Crippen LogP) is 3.55. The van der Waals surface area contributed by atoms with E-state index in [2.05, 4.69) is 27.9 Å². The second-order valence-corrected chi connectivity index (χ2v) is 5.12. The van der Waals surface area contributed by atoms with Crippen LogP contribution < -0.4 is 5.32 Å². The summed E-state index contributed by atoms with van der Waals surface area (Å²) in [6.45, 7) is 0.447. The first-order valence-electron chi connectivity index (χ1n) is 5.45. The maximum absolute atomic E-state index is 11.9. The Morgan fingerprint density at radius 2 is 2.22 bits per heavy atom. The van der Waals surface area contributed by atoms with Crippen molar-refractivity contribution in [3.05, 3.63) is 52.0 Å². The van der Waals surface area contributed by atoms with Crippen LogP contribution in [-0.2, 0) is 6.54 Å². The van der Waals surface area contributed by atoms with E-state index in [0.717, 1.165) is 15.0 Å². The number of urea groups is 1. The molecular formula is C13H13IN2O2. The molecule has 0 saturated carbocycles. The molecule has 4 nitrogen and oxygen atoms in total. The van der Waals surface area contributed by atoms with E-state index in [0.29, 0.717) is 6.54 Å². The standard InChI is InChI=1S/C13H13IN2O2/c1-16(9-12-6-3-7-18-12)13(17)15-11-5-2-4-10(14)8-11/h2-8H,9H2,1H3,(H,15,17). The largest absolute Gasteiger partial charge is 0.467 e. The molecule has 0 radical (unpaired) electrons. The van der Waals surface area contributed by atoms with E-state index in [9.17, 15) is 4.79 Å². The summed E-state index contributed by atoms with van der Waals surface area (Å²) >= 11 is 2.21. The summed E-state index contributed by atoms with van der Waals surface area (Å²) in [4.78, 5) is 13.5. The van der Waals surface area contributed by atoms with Crippen LogP contribution in [0.15, 0.2) is 47.1 Å². The zero-order chi connectivity index (χ0) is 13.0. The molecule has 0 spiro atoms. The average molecular weight is 356 g/mol. The van der Waals surface area contributed by atoms with Crippen molar-refractivity contribution < 1.29 is 9.21 Å². The van der Waals surface area contributed by atoms with Gasteiger partial charge in [0, 0.05) is 16.3 Å². The van der Waals surface area contributed by atoms with Gasteiger partial charge >= 0.3 is 6.03 Å². The normalized spacial score (nSPS) is 10.1. The summed E-state index contributed by atoms with van der Waals surface area (Å²) in [5, 5.41) is 2.84. The Bertz CT molecular complexity index is 526. The van der Waals surface area contributed by atoms with E-state index in [1.807, 2.05) is 30.3 Å². The number of amides is 2. The lowest BCUT2D eigenvalue weighted by molar-refractivity contribution is 0.217. The molecule has 0 bridgehead atoms. The number of nitrogens with one attached hydrogen (secondary N) is 1. The predicted molar refractivity (Wildman–Crippen MR) is 78.4 cm³/mol. The molecular weight excluding hydrogens is 343 g/mol. The quantitative estimate of drug-likeness (QED) is 0.855. The van der Waals surface area contributed by atoms with Gasteiger partial charge < -0.3 is 14.6 Å². The number of anilines is 1. The number of carbonyl (C=O) groups excluding carboxylic acids is 1. The van der Waals surface area contributed by atoms with Gasteiger partial charge in [0.2, 0.25) is 0 Å². The number of rotatable bonds is 3.